The molecule has 2 heteroatoms. The molecule has 0 radical (unpaired) electrons. The van der Waals surface area contributed by atoms with E-state index in [4.69, 9.17) is 0 Å². The van der Waals surface area contributed by atoms with E-state index < -0.39 is 0 Å². The number of hydrogen-bond donors (Lipinski definition) is 0. The summed E-state index contributed by atoms with van der Waals surface area (Å²) >= 11 is 1.86. The second-order valence-corrected chi connectivity index (χ2v) is 18.7. The third-order valence-corrected chi connectivity index (χ3v) is 14.8. The zero-order chi connectivity index (χ0) is 45.0. The lowest BCUT2D eigenvalue weighted by Crippen LogP contribution is -2.11. The highest BCUT2D eigenvalue weighted by atomic mass is 32.1. The van der Waals surface area contributed by atoms with E-state index in [1.807, 2.05) is 11.3 Å². The Kier molecular flexibility index (Phi) is 9.77. The smallest absolute Gasteiger partial charge is 0.0555 e. The first-order valence-corrected chi connectivity index (χ1v) is 24.1. The Hall–Kier alpha value is -8.56. The number of thiophene rings is 1. The highest BCUT2D eigenvalue weighted by Crippen LogP contribution is 2.50. The quantitative estimate of drug-likeness (QED) is 0.137. The van der Waals surface area contributed by atoms with Gasteiger partial charge in [-0.3, -0.25) is 0 Å². The van der Waals surface area contributed by atoms with Gasteiger partial charge >= 0.3 is 0 Å². The Bertz CT molecular complexity index is 4000. The largest absolute Gasteiger partial charge is 0.309 e. The van der Waals surface area contributed by atoms with Crippen LogP contribution in [0.1, 0.15) is 0 Å². The Morgan fingerprint density at radius 3 is 1.53 bits per heavy atom. The Balaban J connectivity index is 0.986. The summed E-state index contributed by atoms with van der Waals surface area (Å²) < 4.78 is 2.56. The van der Waals surface area contributed by atoms with E-state index in [1.165, 1.54) is 97.0 Å². The van der Waals surface area contributed by atoms with Gasteiger partial charge in [-0.15, -0.1) is 11.3 Å². The van der Waals surface area contributed by atoms with E-state index >= 15 is 0 Å². The maximum atomic E-state index is 2.49. The van der Waals surface area contributed by atoms with E-state index in [-0.39, 0.29) is 0 Å². The van der Waals surface area contributed by atoms with Crippen LogP contribution in [-0.2, 0) is 0 Å². The van der Waals surface area contributed by atoms with Crippen molar-refractivity contribution in [1.82, 2.24) is 0 Å². The Morgan fingerprint density at radius 1 is 0.265 bits per heavy atom. The average Bonchev–Trinajstić information content (AvgIpc) is 3.81. The summed E-state index contributed by atoms with van der Waals surface area (Å²) in [5.41, 5.74) is 15.4. The van der Waals surface area contributed by atoms with Gasteiger partial charge in [0.1, 0.15) is 0 Å². The van der Waals surface area contributed by atoms with Crippen molar-refractivity contribution in [1.29, 1.82) is 0 Å². The molecule has 1 heterocycles. The molecule has 0 aliphatic heterocycles. The fourth-order valence-electron chi connectivity index (χ4n) is 10.5. The molecule has 0 saturated heterocycles. The standard InChI is InChI=1S/C66H43NS/c1-3-17-48(18-4-1)64-57-24-10-9-23-55(57)56-41-38-52(43-59(56)65(64)49-19-5-2-6-20-49)54-22-11-13-26-60(54)67(61-27-15-29-63-66(61)58-25-12-14-28-62(58)68-63)53-39-36-46(37-40-53)45-30-32-47(33-31-45)51-35-34-44-16-7-8-21-50(44)42-51/h1-43H. The maximum absolute atomic E-state index is 2.49. The van der Waals surface area contributed by atoms with Crippen molar-refractivity contribution in [3.8, 4) is 55.6 Å². The number of para-hydroxylation sites is 1. The summed E-state index contributed by atoms with van der Waals surface area (Å²) in [6, 6.07) is 95.8. The highest BCUT2D eigenvalue weighted by Gasteiger charge is 2.23. The van der Waals surface area contributed by atoms with Gasteiger partial charge in [-0.25, -0.2) is 0 Å². The normalized spacial score (nSPS) is 11.5. The van der Waals surface area contributed by atoms with E-state index in [2.05, 4.69) is 266 Å². The lowest BCUT2D eigenvalue weighted by atomic mass is 9.84. The van der Waals surface area contributed by atoms with Crippen molar-refractivity contribution in [3.63, 3.8) is 0 Å². The molecule has 13 rings (SSSR count). The van der Waals surface area contributed by atoms with Crippen LogP contribution >= 0.6 is 11.3 Å². The van der Waals surface area contributed by atoms with Gasteiger partial charge in [-0.05, 0) is 131 Å². The van der Waals surface area contributed by atoms with Crippen LogP contribution in [0.25, 0.3) is 108 Å². The zero-order valence-electron chi connectivity index (χ0n) is 37.2. The van der Waals surface area contributed by atoms with Crippen molar-refractivity contribution < 1.29 is 0 Å². The number of rotatable bonds is 8. The first-order valence-electron chi connectivity index (χ1n) is 23.3. The van der Waals surface area contributed by atoms with Gasteiger partial charge in [0, 0.05) is 31.4 Å². The molecule has 0 amide bonds. The maximum Gasteiger partial charge on any atom is 0.0555 e. The van der Waals surface area contributed by atoms with Crippen LogP contribution in [0.4, 0.5) is 17.1 Å². The molecule has 0 bridgehead atoms. The molecule has 0 saturated carbocycles. The number of nitrogens with zero attached hydrogens (tertiary/aromatic N) is 1. The minimum Gasteiger partial charge on any atom is -0.309 e. The SMILES string of the molecule is c1ccc(-c2c(-c3ccccc3)c3cc(-c4ccccc4N(c4ccc(-c5ccc(-c6ccc7ccccc7c6)cc5)cc4)c4cccc5sc6ccccc6c45)ccc3c3ccccc23)cc1. The van der Waals surface area contributed by atoms with Crippen molar-refractivity contribution in [2.24, 2.45) is 0 Å². The fourth-order valence-corrected chi connectivity index (χ4v) is 11.6. The summed E-state index contributed by atoms with van der Waals surface area (Å²) in [6.07, 6.45) is 0. The Morgan fingerprint density at radius 2 is 0.779 bits per heavy atom. The van der Waals surface area contributed by atoms with Crippen LogP contribution in [-0.4, -0.2) is 0 Å². The van der Waals surface area contributed by atoms with Gasteiger partial charge in [0.05, 0.1) is 11.4 Å². The summed E-state index contributed by atoms with van der Waals surface area (Å²) in [5, 5.41) is 10.0. The van der Waals surface area contributed by atoms with Crippen LogP contribution in [0.5, 0.6) is 0 Å². The summed E-state index contributed by atoms with van der Waals surface area (Å²) in [7, 11) is 0. The second kappa shape index (κ2) is 16.7. The molecule has 0 atom stereocenters. The van der Waals surface area contributed by atoms with Crippen molar-refractivity contribution in [2.75, 3.05) is 4.90 Å². The van der Waals surface area contributed by atoms with Gasteiger partial charge in [-0.2, -0.15) is 0 Å². The number of hydrogen-bond acceptors (Lipinski definition) is 2. The average molecular weight is 882 g/mol. The zero-order valence-corrected chi connectivity index (χ0v) is 38.0. The van der Waals surface area contributed by atoms with Gasteiger partial charge in [0.2, 0.25) is 0 Å². The molecule has 0 spiro atoms. The molecule has 12 aromatic carbocycles. The number of benzene rings is 12. The molecule has 1 nitrogen and oxygen atoms in total. The van der Waals surface area contributed by atoms with Crippen molar-refractivity contribution in [3.05, 3.63) is 261 Å². The molecule has 0 unspecified atom stereocenters. The van der Waals surface area contributed by atoms with Crippen LogP contribution in [0.3, 0.4) is 0 Å². The van der Waals surface area contributed by atoms with Gasteiger partial charge in [0.15, 0.2) is 0 Å². The predicted molar refractivity (Wildman–Crippen MR) is 294 cm³/mol. The fraction of sp³-hybridized carbons (Fsp3) is 0. The number of anilines is 3. The summed E-state index contributed by atoms with van der Waals surface area (Å²) in [6.45, 7) is 0. The van der Waals surface area contributed by atoms with Crippen molar-refractivity contribution in [2.45, 2.75) is 0 Å². The monoisotopic (exact) mass is 881 g/mol. The van der Waals surface area contributed by atoms with E-state index in [0.29, 0.717) is 0 Å². The Labute approximate surface area is 400 Å². The first kappa shape index (κ1) is 39.8. The van der Waals surface area contributed by atoms with E-state index in [0.717, 1.165) is 28.2 Å². The second-order valence-electron chi connectivity index (χ2n) is 17.6. The summed E-state index contributed by atoms with van der Waals surface area (Å²) in [4.78, 5) is 2.49. The van der Waals surface area contributed by atoms with Crippen LogP contribution in [0.2, 0.25) is 0 Å². The number of fused-ring (bicyclic) bond motifs is 7. The van der Waals surface area contributed by atoms with Gasteiger partial charge in [0.25, 0.3) is 0 Å². The van der Waals surface area contributed by atoms with Crippen LogP contribution < -0.4 is 4.90 Å². The molecule has 0 fully saturated rings. The van der Waals surface area contributed by atoms with Crippen molar-refractivity contribution >= 4 is 80.9 Å². The first-order chi connectivity index (χ1) is 33.7. The molecular formula is C66H43NS. The minimum atomic E-state index is 1.10. The van der Waals surface area contributed by atoms with E-state index in [1.54, 1.807) is 0 Å². The van der Waals surface area contributed by atoms with Gasteiger partial charge in [-0.1, -0.05) is 212 Å². The predicted octanol–water partition coefficient (Wildman–Crippen LogP) is 19.3. The molecular weight excluding hydrogens is 839 g/mol. The lowest BCUT2D eigenvalue weighted by Gasteiger charge is -2.29. The van der Waals surface area contributed by atoms with E-state index in [9.17, 15) is 0 Å². The molecule has 0 aliphatic carbocycles. The molecule has 0 aliphatic rings. The minimum absolute atomic E-state index is 1.10. The van der Waals surface area contributed by atoms with Gasteiger partial charge < -0.3 is 4.90 Å². The third kappa shape index (κ3) is 6.85. The molecule has 68 heavy (non-hydrogen) atoms. The third-order valence-electron chi connectivity index (χ3n) is 13.7. The topological polar surface area (TPSA) is 3.24 Å². The lowest BCUT2D eigenvalue weighted by molar-refractivity contribution is 1.30. The highest BCUT2D eigenvalue weighted by molar-refractivity contribution is 7.26. The van der Waals surface area contributed by atoms with Crippen LogP contribution in [0.15, 0.2) is 261 Å². The molecule has 318 valence electrons. The van der Waals surface area contributed by atoms with Crippen LogP contribution in [0, 0.1) is 0 Å². The summed E-state index contributed by atoms with van der Waals surface area (Å²) in [5.74, 6) is 0. The molecule has 0 N–H and O–H groups in total. The molecule has 13 aromatic rings. The molecule has 1 aromatic heterocycles.